The normalized spacial score (nSPS) is 17.8. The van der Waals surface area contributed by atoms with E-state index in [1.54, 1.807) is 7.11 Å². The fourth-order valence-corrected chi connectivity index (χ4v) is 2.75. The molecule has 1 atom stereocenters. The van der Waals surface area contributed by atoms with Gasteiger partial charge >= 0.3 is 0 Å². The molecule has 0 saturated carbocycles. The highest BCUT2D eigenvalue weighted by Crippen LogP contribution is 2.26. The van der Waals surface area contributed by atoms with Crippen molar-refractivity contribution in [1.82, 2.24) is 5.32 Å². The number of nitriles is 1. The molecule has 1 aliphatic heterocycles. The van der Waals surface area contributed by atoms with E-state index in [9.17, 15) is 5.26 Å². The highest BCUT2D eigenvalue weighted by Gasteiger charge is 2.20. The van der Waals surface area contributed by atoms with Crippen molar-refractivity contribution >= 4 is 5.69 Å². The van der Waals surface area contributed by atoms with Crippen molar-refractivity contribution < 1.29 is 4.74 Å². The molecule has 0 spiro atoms. The molecule has 1 N–H and O–H groups in total. The minimum atomic E-state index is 0.527. The van der Waals surface area contributed by atoms with Gasteiger partial charge in [-0.1, -0.05) is 6.92 Å². The van der Waals surface area contributed by atoms with Crippen LogP contribution in [0.4, 0.5) is 5.69 Å². The third-order valence-corrected chi connectivity index (χ3v) is 3.76. The summed E-state index contributed by atoms with van der Waals surface area (Å²) in [6.45, 7) is 5.19. The number of nitrogens with one attached hydrogen (secondary N) is 1. The van der Waals surface area contributed by atoms with E-state index in [2.05, 4.69) is 23.2 Å². The van der Waals surface area contributed by atoms with E-state index >= 15 is 0 Å². The molecule has 2 rings (SSSR count). The van der Waals surface area contributed by atoms with Crippen molar-refractivity contribution in [2.45, 2.75) is 32.2 Å². The second kappa shape index (κ2) is 7.16. The van der Waals surface area contributed by atoms with Crippen molar-refractivity contribution in [2.24, 2.45) is 0 Å². The zero-order chi connectivity index (χ0) is 14.4. The number of rotatable bonds is 6. The molecule has 1 unspecified atom stereocenters. The number of methoxy groups -OCH3 is 1. The quantitative estimate of drug-likeness (QED) is 0.865. The van der Waals surface area contributed by atoms with Crippen LogP contribution >= 0.6 is 0 Å². The van der Waals surface area contributed by atoms with Crippen LogP contribution in [0, 0.1) is 11.3 Å². The summed E-state index contributed by atoms with van der Waals surface area (Å²) in [6, 6.07) is 8.49. The van der Waals surface area contributed by atoms with Crippen LogP contribution in [0.1, 0.15) is 31.7 Å². The lowest BCUT2D eigenvalue weighted by Gasteiger charge is -2.28. The summed E-state index contributed by atoms with van der Waals surface area (Å²) in [6.07, 6.45) is 3.52. The monoisotopic (exact) mass is 273 g/mol. The Labute approximate surface area is 121 Å². The fraction of sp³-hybridized carbons (Fsp3) is 0.562. The standard InChI is InChI=1S/C16H23N3O/c1-3-9-19(12-14-5-4-8-18-14)16-10-15(20-2)7-6-13(16)11-17/h6-7,10,14,18H,3-5,8-9,12H2,1-2H3. The van der Waals surface area contributed by atoms with Gasteiger partial charge in [-0.15, -0.1) is 0 Å². The van der Waals surface area contributed by atoms with Gasteiger partial charge in [0, 0.05) is 25.2 Å². The molecule has 0 bridgehead atoms. The molecular weight excluding hydrogens is 250 g/mol. The summed E-state index contributed by atoms with van der Waals surface area (Å²) >= 11 is 0. The zero-order valence-corrected chi connectivity index (χ0v) is 12.4. The molecule has 1 aromatic rings. The van der Waals surface area contributed by atoms with E-state index in [-0.39, 0.29) is 0 Å². The molecule has 0 aromatic heterocycles. The maximum atomic E-state index is 9.33. The Morgan fingerprint density at radius 1 is 1.50 bits per heavy atom. The van der Waals surface area contributed by atoms with Gasteiger partial charge in [-0.3, -0.25) is 0 Å². The van der Waals surface area contributed by atoms with Crippen LogP contribution in [0.5, 0.6) is 5.75 Å². The number of nitrogens with zero attached hydrogens (tertiary/aromatic N) is 2. The lowest BCUT2D eigenvalue weighted by molar-refractivity contribution is 0.414. The Balaban J connectivity index is 2.24. The molecule has 1 aliphatic rings. The van der Waals surface area contributed by atoms with Crippen LogP contribution in [0.2, 0.25) is 0 Å². The van der Waals surface area contributed by atoms with Crippen LogP contribution in [0.25, 0.3) is 0 Å². The smallest absolute Gasteiger partial charge is 0.121 e. The minimum Gasteiger partial charge on any atom is -0.497 e. The molecule has 1 saturated heterocycles. The van der Waals surface area contributed by atoms with E-state index in [0.29, 0.717) is 6.04 Å². The van der Waals surface area contributed by atoms with Crippen LogP contribution in [0.3, 0.4) is 0 Å². The highest BCUT2D eigenvalue weighted by atomic mass is 16.5. The second-order valence-corrected chi connectivity index (χ2v) is 5.23. The first kappa shape index (κ1) is 14.7. The Morgan fingerprint density at radius 3 is 2.95 bits per heavy atom. The SMILES string of the molecule is CCCN(CC1CCCN1)c1cc(OC)ccc1C#N. The first-order chi connectivity index (χ1) is 9.78. The molecule has 0 aliphatic carbocycles. The molecule has 1 aromatic carbocycles. The van der Waals surface area contributed by atoms with E-state index in [1.807, 2.05) is 18.2 Å². The maximum absolute atomic E-state index is 9.33. The van der Waals surface area contributed by atoms with E-state index < -0.39 is 0 Å². The lowest BCUT2D eigenvalue weighted by Crippen LogP contribution is -2.38. The van der Waals surface area contributed by atoms with Gasteiger partial charge in [0.15, 0.2) is 0 Å². The summed E-state index contributed by atoms with van der Waals surface area (Å²) in [5.41, 5.74) is 1.71. The number of ether oxygens (including phenoxy) is 1. The molecule has 0 amide bonds. The molecule has 108 valence electrons. The summed E-state index contributed by atoms with van der Waals surface area (Å²) in [5.74, 6) is 0.805. The Bertz CT molecular complexity index is 475. The Morgan fingerprint density at radius 2 is 2.35 bits per heavy atom. The van der Waals surface area contributed by atoms with E-state index in [1.165, 1.54) is 12.8 Å². The predicted octanol–water partition coefficient (Wildman–Crippen LogP) is 2.54. The van der Waals surface area contributed by atoms with Gasteiger partial charge in [0.25, 0.3) is 0 Å². The largest absolute Gasteiger partial charge is 0.497 e. The van der Waals surface area contributed by atoms with Gasteiger partial charge in [0.1, 0.15) is 11.8 Å². The molecule has 20 heavy (non-hydrogen) atoms. The third kappa shape index (κ3) is 3.43. The number of hydrogen-bond donors (Lipinski definition) is 1. The van der Waals surface area contributed by atoms with E-state index in [0.717, 1.165) is 43.1 Å². The van der Waals surface area contributed by atoms with Gasteiger partial charge in [-0.25, -0.2) is 0 Å². The first-order valence-electron chi connectivity index (χ1n) is 7.35. The van der Waals surface area contributed by atoms with Gasteiger partial charge < -0.3 is 15.0 Å². The van der Waals surface area contributed by atoms with Crippen molar-refractivity contribution in [3.8, 4) is 11.8 Å². The zero-order valence-electron chi connectivity index (χ0n) is 12.4. The molecule has 1 heterocycles. The summed E-state index contributed by atoms with van der Waals surface area (Å²) in [7, 11) is 1.66. The van der Waals surface area contributed by atoms with E-state index in [4.69, 9.17) is 4.74 Å². The summed E-state index contributed by atoms with van der Waals surface area (Å²) in [4.78, 5) is 2.31. The lowest BCUT2D eigenvalue weighted by atomic mass is 10.1. The molecule has 1 fully saturated rings. The van der Waals surface area contributed by atoms with Crippen LogP contribution in [-0.2, 0) is 0 Å². The highest BCUT2D eigenvalue weighted by molar-refractivity contribution is 5.62. The number of benzene rings is 1. The van der Waals surface area contributed by atoms with Gasteiger partial charge in [0.05, 0.1) is 18.4 Å². The van der Waals surface area contributed by atoms with Crippen molar-refractivity contribution in [2.75, 3.05) is 31.6 Å². The second-order valence-electron chi connectivity index (χ2n) is 5.23. The third-order valence-electron chi connectivity index (χ3n) is 3.76. The van der Waals surface area contributed by atoms with Gasteiger partial charge in [-0.2, -0.15) is 5.26 Å². The van der Waals surface area contributed by atoms with Crippen LogP contribution < -0.4 is 15.0 Å². The van der Waals surface area contributed by atoms with Crippen molar-refractivity contribution in [1.29, 1.82) is 5.26 Å². The Kier molecular flexibility index (Phi) is 5.25. The molecule has 4 nitrogen and oxygen atoms in total. The molecule has 4 heteroatoms. The fourth-order valence-electron chi connectivity index (χ4n) is 2.75. The van der Waals surface area contributed by atoms with Crippen molar-refractivity contribution in [3.63, 3.8) is 0 Å². The van der Waals surface area contributed by atoms with Crippen LogP contribution in [-0.4, -0.2) is 32.8 Å². The molecule has 0 radical (unpaired) electrons. The summed E-state index contributed by atoms with van der Waals surface area (Å²) < 4.78 is 5.30. The minimum absolute atomic E-state index is 0.527. The number of anilines is 1. The van der Waals surface area contributed by atoms with Crippen molar-refractivity contribution in [3.05, 3.63) is 23.8 Å². The molecular formula is C16H23N3O. The average molecular weight is 273 g/mol. The maximum Gasteiger partial charge on any atom is 0.121 e. The topological polar surface area (TPSA) is 48.3 Å². The number of hydrogen-bond acceptors (Lipinski definition) is 4. The van der Waals surface area contributed by atoms with Crippen LogP contribution in [0.15, 0.2) is 18.2 Å². The summed E-state index contributed by atoms with van der Waals surface area (Å²) in [5, 5.41) is 12.9. The first-order valence-corrected chi connectivity index (χ1v) is 7.35. The average Bonchev–Trinajstić information content (AvgIpc) is 2.99. The van der Waals surface area contributed by atoms with Gasteiger partial charge in [0.2, 0.25) is 0 Å². The predicted molar refractivity (Wildman–Crippen MR) is 81.2 cm³/mol. The van der Waals surface area contributed by atoms with Gasteiger partial charge in [-0.05, 0) is 37.9 Å². The Hall–Kier alpha value is -1.73.